The van der Waals surface area contributed by atoms with Gasteiger partial charge in [-0.3, -0.25) is 4.79 Å². The van der Waals surface area contributed by atoms with Crippen LogP contribution in [0.25, 0.3) is 0 Å². The van der Waals surface area contributed by atoms with Crippen LogP contribution in [-0.2, 0) is 4.79 Å². The molecule has 0 aromatic heterocycles. The van der Waals surface area contributed by atoms with Crippen molar-refractivity contribution < 1.29 is 4.79 Å². The largest absolute Gasteiger partial charge is 0.298 e. The van der Waals surface area contributed by atoms with E-state index in [1.165, 1.54) is 38.5 Å². The minimum Gasteiger partial charge on any atom is -0.298 e. The van der Waals surface area contributed by atoms with Crippen LogP contribution in [0.4, 0.5) is 0 Å². The third-order valence-corrected chi connectivity index (χ3v) is 7.43. The fraction of sp³-hybridized carbons (Fsp3) is 0.947. The van der Waals surface area contributed by atoms with Crippen LogP contribution in [-0.4, -0.2) is 5.78 Å². The predicted molar refractivity (Wildman–Crippen MR) is 83.5 cm³/mol. The summed E-state index contributed by atoms with van der Waals surface area (Å²) in [6, 6.07) is 0. The van der Waals surface area contributed by atoms with E-state index in [0.29, 0.717) is 11.2 Å². The summed E-state index contributed by atoms with van der Waals surface area (Å²) in [7, 11) is 0. The molecule has 0 atom stereocenters. The van der Waals surface area contributed by atoms with Gasteiger partial charge in [0.2, 0.25) is 0 Å². The Morgan fingerprint density at radius 1 is 0.950 bits per heavy atom. The normalized spacial score (nSPS) is 40.1. The molecule has 0 aromatic rings. The van der Waals surface area contributed by atoms with E-state index in [-0.39, 0.29) is 10.8 Å². The van der Waals surface area contributed by atoms with Gasteiger partial charge in [-0.2, -0.15) is 0 Å². The molecule has 1 heteroatoms. The van der Waals surface area contributed by atoms with Crippen LogP contribution >= 0.6 is 0 Å². The summed E-state index contributed by atoms with van der Waals surface area (Å²) in [5.41, 5.74) is 0.0284. The van der Waals surface area contributed by atoms with Gasteiger partial charge in [-0.05, 0) is 68.1 Å². The van der Waals surface area contributed by atoms with Crippen LogP contribution in [0.2, 0.25) is 0 Å². The molecule has 4 saturated carbocycles. The van der Waals surface area contributed by atoms with Crippen LogP contribution < -0.4 is 0 Å². The Morgan fingerprint density at radius 3 is 1.70 bits per heavy atom. The second-order valence-electron chi connectivity index (χ2n) is 9.39. The Kier molecular flexibility index (Phi) is 3.16. The van der Waals surface area contributed by atoms with Gasteiger partial charge < -0.3 is 0 Å². The van der Waals surface area contributed by atoms with Crippen molar-refractivity contribution in [3.8, 4) is 0 Å². The smallest absolute Gasteiger partial charge is 0.144 e. The summed E-state index contributed by atoms with van der Waals surface area (Å²) in [5.74, 6) is 3.31. The summed E-state index contributed by atoms with van der Waals surface area (Å²) in [6.45, 7) is 11.0. The first-order valence-corrected chi connectivity index (χ1v) is 8.75. The highest BCUT2D eigenvalue weighted by atomic mass is 16.1. The molecule has 0 radical (unpaired) electrons. The van der Waals surface area contributed by atoms with E-state index in [4.69, 9.17) is 0 Å². The second-order valence-corrected chi connectivity index (χ2v) is 9.39. The molecule has 20 heavy (non-hydrogen) atoms. The van der Waals surface area contributed by atoms with Crippen molar-refractivity contribution in [2.45, 2.75) is 79.6 Å². The lowest BCUT2D eigenvalue weighted by molar-refractivity contribution is -0.162. The first kappa shape index (κ1) is 14.6. The number of Topliss-reactive ketones (excluding diaryl/α,β-unsaturated/α-hetero) is 1. The average Bonchev–Trinajstić information content (AvgIpc) is 2.36. The minimum absolute atomic E-state index is 0.136. The fourth-order valence-corrected chi connectivity index (χ4v) is 6.12. The maximum atomic E-state index is 13.2. The maximum absolute atomic E-state index is 13.2. The van der Waals surface area contributed by atoms with Crippen molar-refractivity contribution in [3.63, 3.8) is 0 Å². The van der Waals surface area contributed by atoms with E-state index in [1.54, 1.807) is 0 Å². The summed E-state index contributed by atoms with van der Waals surface area (Å²) in [4.78, 5) is 13.2. The molecule has 114 valence electrons. The molecule has 0 spiro atoms. The molecule has 4 bridgehead atoms. The third-order valence-electron chi connectivity index (χ3n) is 7.43. The van der Waals surface area contributed by atoms with Gasteiger partial charge in [0.05, 0.1) is 0 Å². The molecule has 0 N–H and O–H groups in total. The number of carbonyl (C=O) groups is 1. The highest BCUT2D eigenvalue weighted by Gasteiger charge is 2.60. The molecule has 0 unspecified atom stereocenters. The number of hydrogen-bond acceptors (Lipinski definition) is 1. The van der Waals surface area contributed by atoms with Gasteiger partial charge in [0.15, 0.2) is 0 Å². The van der Waals surface area contributed by atoms with Gasteiger partial charge in [0.25, 0.3) is 0 Å². The van der Waals surface area contributed by atoms with Crippen LogP contribution in [0.3, 0.4) is 0 Å². The third kappa shape index (κ3) is 1.91. The predicted octanol–water partition coefficient (Wildman–Crippen LogP) is 5.23. The van der Waals surface area contributed by atoms with E-state index in [1.807, 2.05) is 0 Å². The average molecular weight is 276 g/mol. The van der Waals surface area contributed by atoms with E-state index >= 15 is 0 Å². The molecule has 1 nitrogen and oxygen atoms in total. The Hall–Kier alpha value is -0.330. The number of carbonyl (C=O) groups excluding carboxylic acids is 1. The molecular weight excluding hydrogens is 244 g/mol. The Bertz CT molecular complexity index is 380. The van der Waals surface area contributed by atoms with Crippen LogP contribution in [0, 0.1) is 34.0 Å². The molecule has 4 fully saturated rings. The highest BCUT2D eigenvalue weighted by molar-refractivity contribution is 5.90. The van der Waals surface area contributed by atoms with E-state index < -0.39 is 0 Å². The first-order chi connectivity index (χ1) is 9.20. The number of hydrogen-bond donors (Lipinski definition) is 0. The van der Waals surface area contributed by atoms with Gasteiger partial charge in [-0.15, -0.1) is 0 Å². The number of ketones is 1. The highest BCUT2D eigenvalue weighted by Crippen LogP contribution is 2.66. The van der Waals surface area contributed by atoms with E-state index in [9.17, 15) is 4.79 Å². The van der Waals surface area contributed by atoms with Crippen molar-refractivity contribution in [3.05, 3.63) is 0 Å². The van der Waals surface area contributed by atoms with Gasteiger partial charge in [0.1, 0.15) is 5.78 Å². The molecule has 0 aliphatic heterocycles. The van der Waals surface area contributed by atoms with Crippen LogP contribution in [0.5, 0.6) is 0 Å². The van der Waals surface area contributed by atoms with E-state index in [2.05, 4.69) is 34.6 Å². The molecule has 0 aromatic carbocycles. The SMILES string of the molecule is CCC(C)(C)C(=O)C(C)(C)C12CC3CC(CC(C3)C1)C2. The maximum Gasteiger partial charge on any atom is 0.144 e. The van der Waals surface area contributed by atoms with Gasteiger partial charge in [-0.25, -0.2) is 0 Å². The summed E-state index contributed by atoms with van der Waals surface area (Å²) in [6.07, 6.45) is 9.33. The topological polar surface area (TPSA) is 17.1 Å². The monoisotopic (exact) mass is 276 g/mol. The minimum atomic E-state index is -0.160. The lowest BCUT2D eigenvalue weighted by atomic mass is 9.41. The summed E-state index contributed by atoms with van der Waals surface area (Å²) in [5, 5.41) is 0. The zero-order chi connectivity index (χ0) is 14.8. The van der Waals surface area contributed by atoms with Crippen LogP contribution in [0.15, 0.2) is 0 Å². The zero-order valence-electron chi connectivity index (χ0n) is 14.1. The molecule has 4 aliphatic carbocycles. The summed E-state index contributed by atoms with van der Waals surface area (Å²) >= 11 is 0. The quantitative estimate of drug-likeness (QED) is 0.686. The Balaban J connectivity index is 1.93. The van der Waals surface area contributed by atoms with Crippen molar-refractivity contribution in [1.82, 2.24) is 0 Å². The van der Waals surface area contributed by atoms with Gasteiger partial charge >= 0.3 is 0 Å². The molecule has 0 heterocycles. The lowest BCUT2D eigenvalue weighted by Crippen LogP contribution is -2.57. The van der Waals surface area contributed by atoms with Crippen molar-refractivity contribution in [1.29, 1.82) is 0 Å². The molecular formula is C19H32O. The molecule has 4 rings (SSSR count). The van der Waals surface area contributed by atoms with E-state index in [0.717, 1.165) is 24.2 Å². The summed E-state index contributed by atoms with van der Waals surface area (Å²) < 4.78 is 0. The first-order valence-electron chi connectivity index (χ1n) is 8.75. The zero-order valence-corrected chi connectivity index (χ0v) is 14.1. The standard InChI is InChI=1S/C19H32O/c1-6-17(2,3)16(20)18(4,5)19-10-13-7-14(11-19)9-15(8-13)12-19/h13-15H,6-12H2,1-5H3. The molecule has 4 aliphatic rings. The Morgan fingerprint density at radius 2 is 1.35 bits per heavy atom. The molecule has 0 saturated heterocycles. The number of rotatable bonds is 4. The van der Waals surface area contributed by atoms with Crippen molar-refractivity contribution >= 4 is 5.78 Å². The fourth-order valence-electron chi connectivity index (χ4n) is 6.12. The van der Waals surface area contributed by atoms with Gasteiger partial charge in [0, 0.05) is 10.8 Å². The Labute approximate surface area is 124 Å². The van der Waals surface area contributed by atoms with Crippen molar-refractivity contribution in [2.24, 2.45) is 34.0 Å². The lowest BCUT2D eigenvalue weighted by Gasteiger charge is -2.62. The van der Waals surface area contributed by atoms with Crippen molar-refractivity contribution in [2.75, 3.05) is 0 Å². The van der Waals surface area contributed by atoms with Gasteiger partial charge in [-0.1, -0.05) is 34.6 Å². The second kappa shape index (κ2) is 4.34. The van der Waals surface area contributed by atoms with Crippen LogP contribution in [0.1, 0.15) is 79.6 Å². The molecule has 0 amide bonds.